The van der Waals surface area contributed by atoms with Gasteiger partial charge in [-0.25, -0.2) is 0 Å². The van der Waals surface area contributed by atoms with Gasteiger partial charge >= 0.3 is 0 Å². The van der Waals surface area contributed by atoms with Crippen molar-refractivity contribution < 1.29 is 9.47 Å². The summed E-state index contributed by atoms with van der Waals surface area (Å²) in [6.07, 6.45) is 2.79. The molecule has 1 aliphatic heterocycles. The SMILES string of the molecule is Cc1cc(I)ccc1OCCNC[C@@H]1CCCO1. The van der Waals surface area contributed by atoms with Crippen molar-refractivity contribution in [2.75, 3.05) is 26.3 Å². The molecule has 0 unspecified atom stereocenters. The van der Waals surface area contributed by atoms with Crippen LogP contribution >= 0.6 is 22.6 Å². The fraction of sp³-hybridized carbons (Fsp3) is 0.571. The van der Waals surface area contributed by atoms with Gasteiger partial charge in [0, 0.05) is 23.3 Å². The van der Waals surface area contributed by atoms with Gasteiger partial charge in [-0.2, -0.15) is 0 Å². The third-order valence-electron chi connectivity index (χ3n) is 3.07. The largest absolute Gasteiger partial charge is 0.492 e. The number of benzene rings is 1. The van der Waals surface area contributed by atoms with Gasteiger partial charge in [-0.1, -0.05) is 0 Å². The quantitative estimate of drug-likeness (QED) is 0.625. The Morgan fingerprint density at radius 2 is 2.39 bits per heavy atom. The summed E-state index contributed by atoms with van der Waals surface area (Å²) in [7, 11) is 0. The maximum atomic E-state index is 5.75. The first kappa shape index (κ1) is 14.1. The van der Waals surface area contributed by atoms with Crippen molar-refractivity contribution in [2.45, 2.75) is 25.9 Å². The van der Waals surface area contributed by atoms with Gasteiger partial charge in [0.25, 0.3) is 0 Å². The number of rotatable bonds is 6. The first-order valence-corrected chi connectivity index (χ1v) is 7.55. The highest BCUT2D eigenvalue weighted by atomic mass is 127. The van der Waals surface area contributed by atoms with Crippen molar-refractivity contribution in [3.8, 4) is 5.75 Å². The van der Waals surface area contributed by atoms with E-state index >= 15 is 0 Å². The van der Waals surface area contributed by atoms with Crippen molar-refractivity contribution in [1.82, 2.24) is 5.32 Å². The molecule has 0 spiro atoms. The molecule has 1 fully saturated rings. The molecule has 100 valence electrons. The third kappa shape index (κ3) is 4.40. The van der Waals surface area contributed by atoms with Crippen molar-refractivity contribution in [3.63, 3.8) is 0 Å². The van der Waals surface area contributed by atoms with Crippen LogP contribution in [0.15, 0.2) is 18.2 Å². The molecule has 1 N–H and O–H groups in total. The molecule has 0 aromatic heterocycles. The minimum Gasteiger partial charge on any atom is -0.492 e. The number of ether oxygens (including phenoxy) is 2. The van der Waals surface area contributed by atoms with Gasteiger partial charge in [0.15, 0.2) is 0 Å². The highest BCUT2D eigenvalue weighted by molar-refractivity contribution is 14.1. The van der Waals surface area contributed by atoms with Crippen molar-refractivity contribution in [2.24, 2.45) is 0 Å². The van der Waals surface area contributed by atoms with E-state index in [2.05, 4.69) is 47.0 Å². The van der Waals surface area contributed by atoms with E-state index in [0.717, 1.165) is 25.4 Å². The van der Waals surface area contributed by atoms with Gasteiger partial charge in [0.2, 0.25) is 0 Å². The van der Waals surface area contributed by atoms with Crippen LogP contribution in [0.25, 0.3) is 0 Å². The summed E-state index contributed by atoms with van der Waals surface area (Å²) in [5.74, 6) is 0.981. The van der Waals surface area contributed by atoms with Crippen molar-refractivity contribution in [3.05, 3.63) is 27.3 Å². The highest BCUT2D eigenvalue weighted by Gasteiger charge is 2.14. The zero-order chi connectivity index (χ0) is 12.8. The number of hydrogen-bond acceptors (Lipinski definition) is 3. The second-order valence-electron chi connectivity index (χ2n) is 4.60. The lowest BCUT2D eigenvalue weighted by atomic mass is 10.2. The molecule has 1 aliphatic rings. The molecule has 4 heteroatoms. The molecule has 3 nitrogen and oxygen atoms in total. The van der Waals surface area contributed by atoms with Crippen LogP contribution in [-0.4, -0.2) is 32.4 Å². The third-order valence-corrected chi connectivity index (χ3v) is 3.74. The molecule has 0 bridgehead atoms. The predicted octanol–water partition coefficient (Wildman–Crippen LogP) is 2.75. The lowest BCUT2D eigenvalue weighted by Gasteiger charge is -2.12. The fourth-order valence-corrected chi connectivity index (χ4v) is 2.72. The summed E-state index contributed by atoms with van der Waals surface area (Å²) in [5, 5.41) is 3.38. The van der Waals surface area contributed by atoms with Crippen LogP contribution in [0.3, 0.4) is 0 Å². The van der Waals surface area contributed by atoms with Gasteiger partial charge in [-0.3, -0.25) is 0 Å². The maximum absolute atomic E-state index is 5.75. The van der Waals surface area contributed by atoms with E-state index in [1.165, 1.54) is 22.0 Å². The Morgan fingerprint density at radius 1 is 1.50 bits per heavy atom. The zero-order valence-electron chi connectivity index (χ0n) is 10.7. The molecule has 1 atom stereocenters. The molecule has 1 aromatic rings. The Morgan fingerprint density at radius 3 is 3.11 bits per heavy atom. The van der Waals surface area contributed by atoms with E-state index in [4.69, 9.17) is 9.47 Å². The highest BCUT2D eigenvalue weighted by Crippen LogP contribution is 2.19. The van der Waals surface area contributed by atoms with Crippen LogP contribution in [0.2, 0.25) is 0 Å². The fourth-order valence-electron chi connectivity index (χ4n) is 2.08. The number of nitrogens with one attached hydrogen (secondary N) is 1. The summed E-state index contributed by atoms with van der Waals surface area (Å²) >= 11 is 2.31. The van der Waals surface area contributed by atoms with Crippen LogP contribution in [0.5, 0.6) is 5.75 Å². The summed E-state index contributed by atoms with van der Waals surface area (Å²) in [6, 6.07) is 6.25. The van der Waals surface area contributed by atoms with E-state index in [9.17, 15) is 0 Å². The normalized spacial score (nSPS) is 19.1. The van der Waals surface area contributed by atoms with Crippen LogP contribution < -0.4 is 10.1 Å². The molecule has 0 radical (unpaired) electrons. The summed E-state index contributed by atoms with van der Waals surface area (Å²) in [6.45, 7) is 5.51. The van der Waals surface area contributed by atoms with Crippen LogP contribution in [-0.2, 0) is 4.74 Å². The van der Waals surface area contributed by atoms with E-state index in [1.54, 1.807) is 0 Å². The van der Waals surface area contributed by atoms with E-state index < -0.39 is 0 Å². The molecule has 1 heterocycles. The molecule has 2 rings (SSSR count). The molecular weight excluding hydrogens is 341 g/mol. The Bertz CT molecular complexity index is 378. The molecule has 0 saturated carbocycles. The van der Waals surface area contributed by atoms with Crippen molar-refractivity contribution in [1.29, 1.82) is 0 Å². The Hall–Kier alpha value is -0.330. The number of halogens is 1. The molecular formula is C14H20INO2. The monoisotopic (exact) mass is 361 g/mol. The molecule has 0 aliphatic carbocycles. The van der Waals surface area contributed by atoms with Gasteiger partial charge in [0.05, 0.1) is 6.10 Å². The Kier molecular flexibility index (Phi) is 5.72. The molecule has 18 heavy (non-hydrogen) atoms. The number of aryl methyl sites for hydroxylation is 1. The van der Waals surface area contributed by atoms with E-state index in [1.807, 2.05) is 6.07 Å². The maximum Gasteiger partial charge on any atom is 0.122 e. The summed E-state index contributed by atoms with van der Waals surface area (Å²) < 4.78 is 12.5. The minimum atomic E-state index is 0.407. The second kappa shape index (κ2) is 7.31. The Balaban J connectivity index is 1.62. The van der Waals surface area contributed by atoms with Gasteiger partial charge in [-0.15, -0.1) is 0 Å². The summed E-state index contributed by atoms with van der Waals surface area (Å²) in [5.41, 5.74) is 1.20. The van der Waals surface area contributed by atoms with Crippen molar-refractivity contribution >= 4 is 22.6 Å². The molecule has 1 aromatic carbocycles. The van der Waals surface area contributed by atoms with Crippen LogP contribution in [0, 0.1) is 10.5 Å². The smallest absolute Gasteiger partial charge is 0.122 e. The molecule has 1 saturated heterocycles. The van der Waals surface area contributed by atoms with E-state index in [0.29, 0.717) is 12.7 Å². The topological polar surface area (TPSA) is 30.5 Å². The molecule has 0 amide bonds. The lowest BCUT2D eigenvalue weighted by molar-refractivity contribution is 0.109. The number of hydrogen-bond donors (Lipinski definition) is 1. The van der Waals surface area contributed by atoms with Gasteiger partial charge in [0.1, 0.15) is 12.4 Å². The van der Waals surface area contributed by atoms with Gasteiger partial charge in [-0.05, 0) is 66.1 Å². The lowest BCUT2D eigenvalue weighted by Crippen LogP contribution is -2.29. The first-order valence-electron chi connectivity index (χ1n) is 6.47. The average Bonchev–Trinajstić information content (AvgIpc) is 2.84. The first-order chi connectivity index (χ1) is 8.75. The predicted molar refractivity (Wildman–Crippen MR) is 81.2 cm³/mol. The van der Waals surface area contributed by atoms with Gasteiger partial charge < -0.3 is 14.8 Å². The minimum absolute atomic E-state index is 0.407. The second-order valence-corrected chi connectivity index (χ2v) is 5.84. The summed E-state index contributed by atoms with van der Waals surface area (Å²) in [4.78, 5) is 0. The standard InChI is InChI=1S/C14H20INO2/c1-11-9-12(15)4-5-14(11)18-8-6-16-10-13-3-2-7-17-13/h4-5,9,13,16H,2-3,6-8,10H2,1H3/t13-/m0/s1. The Labute approximate surface area is 122 Å². The average molecular weight is 361 g/mol. The van der Waals surface area contributed by atoms with E-state index in [-0.39, 0.29) is 0 Å². The zero-order valence-corrected chi connectivity index (χ0v) is 12.9. The van der Waals surface area contributed by atoms with Crippen LogP contribution in [0.1, 0.15) is 18.4 Å². The van der Waals surface area contributed by atoms with Crippen LogP contribution in [0.4, 0.5) is 0 Å².